The highest BCUT2D eigenvalue weighted by Gasteiger charge is 2.19. The maximum atomic E-state index is 13.7. The molecule has 1 unspecified atom stereocenters. The Morgan fingerprint density at radius 3 is 2.58 bits per heavy atom. The van der Waals surface area contributed by atoms with Gasteiger partial charge in [0.2, 0.25) is 0 Å². The summed E-state index contributed by atoms with van der Waals surface area (Å²) in [5.74, 6) is -1.42. The lowest BCUT2D eigenvalue weighted by atomic mass is 9.98. The highest BCUT2D eigenvalue weighted by Crippen LogP contribution is 2.32. The van der Waals surface area contributed by atoms with Crippen LogP contribution in [0.2, 0.25) is 5.02 Å². The second kappa shape index (κ2) is 5.55. The number of ether oxygens (including phenoxy) is 1. The van der Waals surface area contributed by atoms with Crippen molar-refractivity contribution < 1.29 is 13.5 Å². The molecular weight excluding hydrogens is 272 g/mol. The Kier molecular flexibility index (Phi) is 4.02. The highest BCUT2D eigenvalue weighted by atomic mass is 35.5. The number of benzene rings is 2. The predicted octanol–water partition coefficient (Wildman–Crippen LogP) is 3.67. The van der Waals surface area contributed by atoms with E-state index < -0.39 is 17.7 Å². The minimum Gasteiger partial charge on any atom is -0.496 e. The van der Waals surface area contributed by atoms with Crippen LogP contribution in [0.4, 0.5) is 8.78 Å². The summed E-state index contributed by atoms with van der Waals surface area (Å²) in [5, 5.41) is 0.447. The zero-order valence-corrected chi connectivity index (χ0v) is 10.9. The molecule has 0 fully saturated rings. The number of nitrogens with two attached hydrogens (primary N) is 1. The molecule has 0 spiro atoms. The van der Waals surface area contributed by atoms with Crippen molar-refractivity contribution in [3.05, 3.63) is 64.2 Å². The summed E-state index contributed by atoms with van der Waals surface area (Å²) >= 11 is 5.90. The number of methoxy groups -OCH3 is 1. The summed E-state index contributed by atoms with van der Waals surface area (Å²) in [6.07, 6.45) is 0. The number of rotatable bonds is 3. The number of halogens is 3. The monoisotopic (exact) mass is 283 g/mol. The van der Waals surface area contributed by atoms with Gasteiger partial charge in [-0.15, -0.1) is 0 Å². The van der Waals surface area contributed by atoms with Gasteiger partial charge in [0, 0.05) is 16.1 Å². The molecule has 0 radical (unpaired) electrons. The van der Waals surface area contributed by atoms with Crippen molar-refractivity contribution in [2.45, 2.75) is 6.04 Å². The van der Waals surface area contributed by atoms with E-state index in [1.807, 2.05) is 0 Å². The lowest BCUT2D eigenvalue weighted by Gasteiger charge is -2.17. The first-order chi connectivity index (χ1) is 9.04. The maximum absolute atomic E-state index is 13.7. The SMILES string of the molecule is COc1ccc(Cl)cc1C(N)c1cccc(F)c1F. The average molecular weight is 284 g/mol. The molecule has 2 rings (SSSR count). The molecule has 19 heavy (non-hydrogen) atoms. The fraction of sp³-hybridized carbons (Fsp3) is 0.143. The smallest absolute Gasteiger partial charge is 0.163 e. The molecule has 0 aromatic heterocycles. The molecule has 0 amide bonds. The molecule has 0 bridgehead atoms. The summed E-state index contributed by atoms with van der Waals surface area (Å²) in [7, 11) is 1.47. The molecule has 0 aliphatic carbocycles. The zero-order valence-electron chi connectivity index (χ0n) is 10.2. The van der Waals surface area contributed by atoms with E-state index in [0.717, 1.165) is 6.07 Å². The van der Waals surface area contributed by atoms with Crippen molar-refractivity contribution in [3.63, 3.8) is 0 Å². The third kappa shape index (κ3) is 2.69. The van der Waals surface area contributed by atoms with E-state index in [1.54, 1.807) is 18.2 Å². The van der Waals surface area contributed by atoms with Gasteiger partial charge in [-0.2, -0.15) is 0 Å². The lowest BCUT2D eigenvalue weighted by Crippen LogP contribution is -2.15. The van der Waals surface area contributed by atoms with Gasteiger partial charge in [-0.3, -0.25) is 0 Å². The van der Waals surface area contributed by atoms with Crippen molar-refractivity contribution >= 4 is 11.6 Å². The van der Waals surface area contributed by atoms with Crippen molar-refractivity contribution in [3.8, 4) is 5.75 Å². The van der Waals surface area contributed by atoms with Crippen LogP contribution in [-0.4, -0.2) is 7.11 Å². The Labute approximate surface area is 114 Å². The van der Waals surface area contributed by atoms with Crippen molar-refractivity contribution in [2.75, 3.05) is 7.11 Å². The van der Waals surface area contributed by atoms with Crippen molar-refractivity contribution in [1.82, 2.24) is 0 Å². The standard InChI is InChI=1S/C14H12ClF2NO/c1-19-12-6-5-8(15)7-10(12)14(18)9-3-2-4-11(16)13(9)17/h2-7,14H,18H2,1H3. The molecule has 0 aliphatic heterocycles. The minimum absolute atomic E-state index is 0.0561. The highest BCUT2D eigenvalue weighted by molar-refractivity contribution is 6.30. The van der Waals surface area contributed by atoms with Crippen LogP contribution in [0.15, 0.2) is 36.4 Å². The van der Waals surface area contributed by atoms with Crippen LogP contribution in [0, 0.1) is 11.6 Å². The molecule has 2 N–H and O–H groups in total. The predicted molar refractivity (Wildman–Crippen MR) is 70.4 cm³/mol. The Hall–Kier alpha value is -1.65. The van der Waals surface area contributed by atoms with Gasteiger partial charge in [0.25, 0.3) is 0 Å². The average Bonchev–Trinajstić information content (AvgIpc) is 2.41. The lowest BCUT2D eigenvalue weighted by molar-refractivity contribution is 0.407. The third-order valence-electron chi connectivity index (χ3n) is 2.84. The normalized spacial score (nSPS) is 12.3. The first-order valence-corrected chi connectivity index (χ1v) is 5.95. The van der Waals surface area contributed by atoms with Gasteiger partial charge in [-0.25, -0.2) is 8.78 Å². The Balaban J connectivity index is 2.52. The van der Waals surface area contributed by atoms with Crippen LogP contribution in [0.3, 0.4) is 0 Å². The number of hydrogen-bond donors (Lipinski definition) is 1. The molecule has 0 saturated carbocycles. The molecule has 2 aromatic carbocycles. The van der Waals surface area contributed by atoms with Gasteiger partial charge in [0.1, 0.15) is 5.75 Å². The van der Waals surface area contributed by atoms with Gasteiger partial charge >= 0.3 is 0 Å². The summed E-state index contributed by atoms with van der Waals surface area (Å²) in [4.78, 5) is 0. The summed E-state index contributed by atoms with van der Waals surface area (Å²) in [6.45, 7) is 0. The van der Waals surface area contributed by atoms with E-state index in [1.165, 1.54) is 19.2 Å². The quantitative estimate of drug-likeness (QED) is 0.933. The summed E-state index contributed by atoms with van der Waals surface area (Å²) in [5.41, 5.74) is 6.54. The van der Waals surface area contributed by atoms with E-state index in [2.05, 4.69) is 0 Å². The van der Waals surface area contributed by atoms with Crippen molar-refractivity contribution in [1.29, 1.82) is 0 Å². The molecule has 5 heteroatoms. The van der Waals surface area contributed by atoms with E-state index in [9.17, 15) is 8.78 Å². The maximum Gasteiger partial charge on any atom is 0.163 e. The molecule has 100 valence electrons. The second-order valence-corrected chi connectivity index (χ2v) is 4.44. The molecule has 0 saturated heterocycles. The zero-order chi connectivity index (χ0) is 14.0. The molecule has 0 aliphatic rings. The van der Waals surface area contributed by atoms with Gasteiger partial charge in [0.05, 0.1) is 13.2 Å². The third-order valence-corrected chi connectivity index (χ3v) is 3.08. The first-order valence-electron chi connectivity index (χ1n) is 5.57. The Morgan fingerprint density at radius 1 is 1.16 bits per heavy atom. The Morgan fingerprint density at radius 2 is 1.89 bits per heavy atom. The van der Waals surface area contributed by atoms with Gasteiger partial charge in [-0.05, 0) is 24.3 Å². The van der Waals surface area contributed by atoms with Crippen LogP contribution in [-0.2, 0) is 0 Å². The van der Waals surface area contributed by atoms with Gasteiger partial charge in [-0.1, -0.05) is 23.7 Å². The van der Waals surface area contributed by atoms with Crippen molar-refractivity contribution in [2.24, 2.45) is 5.73 Å². The molecule has 0 heterocycles. The number of hydrogen-bond acceptors (Lipinski definition) is 2. The Bertz CT molecular complexity index is 604. The summed E-state index contributed by atoms with van der Waals surface area (Å²) < 4.78 is 32.1. The first kappa shape index (κ1) is 13.8. The van der Waals surface area contributed by atoms with Crippen LogP contribution < -0.4 is 10.5 Å². The van der Waals surface area contributed by atoms with E-state index in [-0.39, 0.29) is 5.56 Å². The molecular formula is C14H12ClF2NO. The topological polar surface area (TPSA) is 35.2 Å². The van der Waals surface area contributed by atoms with E-state index in [4.69, 9.17) is 22.1 Å². The van der Waals surface area contributed by atoms with Gasteiger partial charge < -0.3 is 10.5 Å². The van der Waals surface area contributed by atoms with E-state index >= 15 is 0 Å². The second-order valence-electron chi connectivity index (χ2n) is 4.01. The minimum atomic E-state index is -0.961. The van der Waals surface area contributed by atoms with Crippen LogP contribution >= 0.6 is 11.6 Å². The van der Waals surface area contributed by atoms with Crippen LogP contribution in [0.5, 0.6) is 5.75 Å². The molecule has 2 aromatic rings. The largest absolute Gasteiger partial charge is 0.496 e. The fourth-order valence-electron chi connectivity index (χ4n) is 1.88. The summed E-state index contributed by atoms with van der Waals surface area (Å²) in [6, 6.07) is 7.88. The van der Waals surface area contributed by atoms with Crippen LogP contribution in [0.1, 0.15) is 17.2 Å². The van der Waals surface area contributed by atoms with Gasteiger partial charge in [0.15, 0.2) is 11.6 Å². The van der Waals surface area contributed by atoms with Crippen LogP contribution in [0.25, 0.3) is 0 Å². The fourth-order valence-corrected chi connectivity index (χ4v) is 2.06. The molecule has 1 atom stereocenters. The molecule has 2 nitrogen and oxygen atoms in total. The van der Waals surface area contributed by atoms with E-state index in [0.29, 0.717) is 16.3 Å².